The fourth-order valence-electron chi connectivity index (χ4n) is 3.20. The average molecular weight is 449 g/mol. The molecule has 0 radical (unpaired) electrons. The summed E-state index contributed by atoms with van der Waals surface area (Å²) in [7, 11) is -1.89. The molecule has 1 saturated heterocycles. The first kappa shape index (κ1) is 18.8. The van der Waals surface area contributed by atoms with Crippen LogP contribution in [-0.4, -0.2) is 40.2 Å². The predicted molar refractivity (Wildman–Crippen MR) is 101 cm³/mol. The van der Waals surface area contributed by atoms with Crippen LogP contribution in [0.5, 0.6) is 0 Å². The van der Waals surface area contributed by atoms with Gasteiger partial charge in [0.15, 0.2) is 0 Å². The van der Waals surface area contributed by atoms with Crippen LogP contribution < -0.4 is 5.69 Å². The maximum absolute atomic E-state index is 12.9. The van der Waals surface area contributed by atoms with Gasteiger partial charge in [0.1, 0.15) is 10.0 Å². The van der Waals surface area contributed by atoms with E-state index in [-0.39, 0.29) is 17.6 Å². The lowest BCUT2D eigenvalue weighted by molar-refractivity contribution is 0.302. The zero-order valence-corrected chi connectivity index (χ0v) is 17.6. The molecule has 0 amide bonds. The van der Waals surface area contributed by atoms with E-state index in [2.05, 4.69) is 21.0 Å². The van der Waals surface area contributed by atoms with Crippen LogP contribution in [0.15, 0.2) is 24.9 Å². The molecule has 2 aromatic rings. The van der Waals surface area contributed by atoms with Crippen LogP contribution in [0.3, 0.4) is 0 Å². The highest BCUT2D eigenvalue weighted by molar-refractivity contribution is 9.11. The van der Waals surface area contributed by atoms with Crippen molar-refractivity contribution in [3.05, 3.63) is 32.2 Å². The van der Waals surface area contributed by atoms with Crippen LogP contribution in [-0.2, 0) is 17.1 Å². The van der Waals surface area contributed by atoms with Crippen LogP contribution in [0.1, 0.15) is 44.5 Å². The van der Waals surface area contributed by atoms with Crippen molar-refractivity contribution in [3.8, 4) is 0 Å². The summed E-state index contributed by atoms with van der Waals surface area (Å²) in [5.41, 5.74) is -0.160. The van der Waals surface area contributed by atoms with Crippen LogP contribution >= 0.6 is 27.3 Å². The Bertz CT molecular complexity index is 929. The Balaban J connectivity index is 1.92. The smallest absolute Gasteiger partial charge is 0.276 e. The van der Waals surface area contributed by atoms with Crippen molar-refractivity contribution in [2.45, 2.75) is 42.9 Å². The van der Waals surface area contributed by atoms with E-state index in [4.69, 9.17) is 0 Å². The minimum absolute atomic E-state index is 0.0172. The highest BCUT2D eigenvalue weighted by atomic mass is 79.9. The van der Waals surface area contributed by atoms with E-state index in [1.807, 2.05) is 13.8 Å². The van der Waals surface area contributed by atoms with Gasteiger partial charge in [-0.2, -0.15) is 9.40 Å². The predicted octanol–water partition coefficient (Wildman–Crippen LogP) is 2.56. The van der Waals surface area contributed by atoms with Crippen LogP contribution in [0.25, 0.3) is 0 Å². The van der Waals surface area contributed by atoms with Gasteiger partial charge < -0.3 is 0 Å². The Kier molecular flexibility index (Phi) is 5.25. The number of hydrogen-bond acceptors (Lipinski definition) is 5. The molecule has 138 valence electrons. The summed E-state index contributed by atoms with van der Waals surface area (Å²) in [6.07, 6.45) is 1.57. The van der Waals surface area contributed by atoms with Crippen molar-refractivity contribution >= 4 is 37.3 Å². The Labute approximate surface area is 159 Å². The first-order chi connectivity index (χ1) is 11.7. The number of piperidine rings is 1. The summed E-state index contributed by atoms with van der Waals surface area (Å²) in [5.74, 6) is 0.595. The Morgan fingerprint density at radius 1 is 1.36 bits per heavy atom. The summed E-state index contributed by atoms with van der Waals surface area (Å²) >= 11 is 4.53. The third-order valence-electron chi connectivity index (χ3n) is 4.39. The number of aromatic nitrogens is 3. The summed E-state index contributed by atoms with van der Waals surface area (Å²) in [4.78, 5) is 12.3. The zero-order valence-electron chi connectivity index (χ0n) is 14.3. The van der Waals surface area contributed by atoms with Crippen LogP contribution in [0.4, 0.5) is 0 Å². The van der Waals surface area contributed by atoms with Gasteiger partial charge in [0.25, 0.3) is 10.0 Å². The summed E-state index contributed by atoms with van der Waals surface area (Å²) in [6, 6.07) is 3.35. The molecule has 1 aliphatic rings. The molecular weight excluding hydrogens is 428 g/mol. The van der Waals surface area contributed by atoms with Gasteiger partial charge in [-0.1, -0.05) is 0 Å². The van der Waals surface area contributed by atoms with E-state index >= 15 is 0 Å². The maximum Gasteiger partial charge on any atom is 0.345 e. The minimum atomic E-state index is -3.52. The van der Waals surface area contributed by atoms with E-state index in [1.54, 1.807) is 23.7 Å². The van der Waals surface area contributed by atoms with Crippen molar-refractivity contribution in [3.63, 3.8) is 0 Å². The van der Waals surface area contributed by atoms with E-state index in [0.29, 0.717) is 23.1 Å². The molecule has 1 fully saturated rings. The van der Waals surface area contributed by atoms with Gasteiger partial charge in [-0.25, -0.2) is 17.9 Å². The monoisotopic (exact) mass is 448 g/mol. The van der Waals surface area contributed by atoms with E-state index < -0.39 is 10.0 Å². The molecule has 10 heteroatoms. The third kappa shape index (κ3) is 3.49. The fourth-order valence-corrected chi connectivity index (χ4v) is 6.89. The molecule has 0 N–H and O–H groups in total. The molecule has 1 atom stereocenters. The van der Waals surface area contributed by atoms with Crippen molar-refractivity contribution in [2.24, 2.45) is 7.05 Å². The van der Waals surface area contributed by atoms with Gasteiger partial charge >= 0.3 is 5.69 Å². The third-order valence-corrected chi connectivity index (χ3v) is 8.35. The van der Waals surface area contributed by atoms with Crippen LogP contribution in [0, 0.1) is 0 Å². The zero-order chi connectivity index (χ0) is 18.4. The summed E-state index contributed by atoms with van der Waals surface area (Å²) < 4.78 is 31.4. The minimum Gasteiger partial charge on any atom is -0.276 e. The lowest BCUT2D eigenvalue weighted by Gasteiger charge is -2.31. The number of hydrogen-bond donors (Lipinski definition) is 0. The van der Waals surface area contributed by atoms with Gasteiger partial charge in [-0.05, 0) is 54.8 Å². The molecule has 3 rings (SSSR count). The first-order valence-electron chi connectivity index (χ1n) is 8.12. The molecule has 7 nitrogen and oxygen atoms in total. The second-order valence-electron chi connectivity index (χ2n) is 6.49. The number of nitrogens with zero attached hydrogens (tertiary/aromatic N) is 4. The highest BCUT2D eigenvalue weighted by Crippen LogP contribution is 2.33. The summed E-state index contributed by atoms with van der Waals surface area (Å²) in [6.45, 7) is 4.72. The fraction of sp³-hybridized carbons (Fsp3) is 0.600. The lowest BCUT2D eigenvalue weighted by Crippen LogP contribution is -2.40. The number of sulfonamides is 1. The van der Waals surface area contributed by atoms with Crippen molar-refractivity contribution in [1.82, 2.24) is 18.7 Å². The second kappa shape index (κ2) is 6.98. The van der Waals surface area contributed by atoms with Gasteiger partial charge in [0.2, 0.25) is 0 Å². The molecular formula is C15H21BrN4O3S2. The normalized spacial score (nSPS) is 19.6. The summed E-state index contributed by atoms with van der Waals surface area (Å²) in [5, 5.41) is 4.39. The number of rotatable bonds is 4. The van der Waals surface area contributed by atoms with Crippen LogP contribution in [0.2, 0.25) is 0 Å². The molecule has 1 unspecified atom stereocenters. The number of halogens is 1. The number of aryl methyl sites for hydroxylation is 1. The largest absolute Gasteiger partial charge is 0.345 e. The standard InChI is InChI=1S/C15H21BrN4O3S2/c1-10(2)20-14(17-18(3)15(20)21)11-5-4-8-19(9-11)25(22,23)13-7-6-12(16)24-13/h6-7,10-11H,4-5,8-9H2,1-3H3. The molecule has 2 aromatic heterocycles. The highest BCUT2D eigenvalue weighted by Gasteiger charge is 2.34. The van der Waals surface area contributed by atoms with Crippen molar-refractivity contribution < 1.29 is 8.42 Å². The first-order valence-corrected chi connectivity index (χ1v) is 11.2. The Morgan fingerprint density at radius 3 is 2.68 bits per heavy atom. The Hall–Kier alpha value is -0.970. The molecule has 1 aliphatic heterocycles. The molecule has 0 saturated carbocycles. The van der Waals surface area contributed by atoms with Gasteiger partial charge in [0, 0.05) is 32.1 Å². The van der Waals surface area contributed by atoms with E-state index in [0.717, 1.165) is 16.6 Å². The second-order valence-corrected chi connectivity index (χ2v) is 11.1. The lowest BCUT2D eigenvalue weighted by atomic mass is 9.98. The molecule has 25 heavy (non-hydrogen) atoms. The molecule has 0 bridgehead atoms. The average Bonchev–Trinajstić information content (AvgIpc) is 3.12. The topological polar surface area (TPSA) is 77.2 Å². The van der Waals surface area contributed by atoms with Gasteiger partial charge in [-0.3, -0.25) is 4.57 Å². The van der Waals surface area contributed by atoms with E-state index in [9.17, 15) is 13.2 Å². The number of thiophene rings is 1. The molecule has 0 aliphatic carbocycles. The van der Waals surface area contributed by atoms with E-state index in [1.165, 1.54) is 20.3 Å². The molecule has 0 aromatic carbocycles. The van der Waals surface area contributed by atoms with Gasteiger partial charge in [0.05, 0.1) is 3.79 Å². The molecule has 0 spiro atoms. The molecule has 3 heterocycles. The SMILES string of the molecule is CC(C)n1c(C2CCCN(S(=O)(=O)c3ccc(Br)s3)C2)nn(C)c1=O. The maximum atomic E-state index is 12.9. The quantitative estimate of drug-likeness (QED) is 0.719. The Morgan fingerprint density at radius 2 is 2.08 bits per heavy atom. The van der Waals surface area contributed by atoms with Crippen molar-refractivity contribution in [1.29, 1.82) is 0 Å². The van der Waals surface area contributed by atoms with Gasteiger partial charge in [-0.15, -0.1) is 11.3 Å². The van der Waals surface area contributed by atoms with Crippen molar-refractivity contribution in [2.75, 3.05) is 13.1 Å².